The first-order valence-corrected chi connectivity index (χ1v) is 8.27. The number of fused-ring (bicyclic) bond motifs is 2. The number of rotatable bonds is 3. The van der Waals surface area contributed by atoms with Crippen LogP contribution in [0.5, 0.6) is 11.5 Å². The van der Waals surface area contributed by atoms with Gasteiger partial charge in [-0.15, -0.1) is 8.78 Å². The van der Waals surface area contributed by atoms with Crippen LogP contribution in [0.1, 0.15) is 20.7 Å². The Hall–Kier alpha value is -3.39. The molecule has 0 atom stereocenters. The third-order valence-corrected chi connectivity index (χ3v) is 4.32. The van der Waals surface area contributed by atoms with Crippen LogP contribution in [-0.4, -0.2) is 23.3 Å². The molecule has 6 nitrogen and oxygen atoms in total. The summed E-state index contributed by atoms with van der Waals surface area (Å²) in [7, 11) is 0. The Morgan fingerprint density at radius 1 is 0.964 bits per heavy atom. The van der Waals surface area contributed by atoms with E-state index in [1.54, 1.807) is 30.3 Å². The van der Waals surface area contributed by atoms with E-state index >= 15 is 0 Å². The molecule has 1 aliphatic heterocycles. The second-order valence-corrected chi connectivity index (χ2v) is 6.41. The summed E-state index contributed by atoms with van der Waals surface area (Å²) in [5, 5.41) is 13.9. The number of carboxylic acids is 1. The Labute approximate surface area is 161 Å². The monoisotopic (exact) mass is 405 g/mol. The molecule has 1 aliphatic rings. The van der Waals surface area contributed by atoms with Crippen LogP contribution in [0.3, 0.4) is 0 Å². The van der Waals surface area contributed by atoms with Gasteiger partial charge in [0.2, 0.25) is 0 Å². The Morgan fingerprint density at radius 2 is 1.61 bits per heavy atom. The number of nitrogens with one attached hydrogen (secondary N) is 1. The normalized spacial score (nSPS) is 14.1. The SMILES string of the molecule is O=C(Nc1cc2c(cc1C(=O)O)OC(F)(F)O2)c1ccc2cc(Cl)ccc2c1. The maximum Gasteiger partial charge on any atom is 0.586 e. The standard InChI is InChI=1S/C19H10ClF2NO5/c20-12-4-3-9-5-11(2-1-10(9)6-12)17(24)23-14-8-16-15(7-13(14)18(25)26)27-19(21,22)28-16/h1-8H,(H,23,24)(H,25,26). The van der Waals surface area contributed by atoms with Gasteiger partial charge in [0.15, 0.2) is 11.5 Å². The molecule has 1 amide bonds. The molecular formula is C19H10ClF2NO5. The predicted octanol–water partition coefficient (Wildman–Crippen LogP) is 4.77. The van der Waals surface area contributed by atoms with Crippen LogP contribution in [0.2, 0.25) is 5.02 Å². The molecule has 1 heterocycles. The summed E-state index contributed by atoms with van der Waals surface area (Å²) < 4.78 is 35.0. The van der Waals surface area contributed by atoms with Gasteiger partial charge in [-0.25, -0.2) is 4.79 Å². The molecule has 0 aliphatic carbocycles. The average molecular weight is 406 g/mol. The van der Waals surface area contributed by atoms with Gasteiger partial charge in [0.1, 0.15) is 0 Å². The molecule has 3 aromatic carbocycles. The molecule has 142 valence electrons. The summed E-state index contributed by atoms with van der Waals surface area (Å²) in [5.41, 5.74) is -0.371. The second kappa shape index (κ2) is 6.35. The number of anilines is 1. The lowest BCUT2D eigenvalue weighted by atomic mass is 10.1. The van der Waals surface area contributed by atoms with Crippen LogP contribution in [0, 0.1) is 0 Å². The highest BCUT2D eigenvalue weighted by Gasteiger charge is 2.44. The fraction of sp³-hybridized carbons (Fsp3) is 0.0526. The van der Waals surface area contributed by atoms with Gasteiger partial charge in [-0.05, 0) is 35.0 Å². The van der Waals surface area contributed by atoms with E-state index in [9.17, 15) is 23.5 Å². The van der Waals surface area contributed by atoms with E-state index in [2.05, 4.69) is 14.8 Å². The first-order valence-electron chi connectivity index (χ1n) is 7.90. The summed E-state index contributed by atoms with van der Waals surface area (Å²) >= 11 is 5.93. The largest absolute Gasteiger partial charge is 0.586 e. The summed E-state index contributed by atoms with van der Waals surface area (Å²) in [6.45, 7) is 0. The van der Waals surface area contributed by atoms with Crippen molar-refractivity contribution < 1.29 is 33.0 Å². The highest BCUT2D eigenvalue weighted by molar-refractivity contribution is 6.31. The molecule has 0 saturated carbocycles. The number of carbonyl (C=O) groups excluding carboxylic acids is 1. The van der Waals surface area contributed by atoms with Gasteiger partial charge in [-0.1, -0.05) is 23.7 Å². The van der Waals surface area contributed by atoms with Crippen molar-refractivity contribution in [3.8, 4) is 11.5 Å². The molecule has 0 spiro atoms. The zero-order valence-corrected chi connectivity index (χ0v) is 14.6. The lowest BCUT2D eigenvalue weighted by Crippen LogP contribution is -2.25. The third kappa shape index (κ3) is 3.29. The summed E-state index contributed by atoms with van der Waals surface area (Å²) in [4.78, 5) is 24.0. The summed E-state index contributed by atoms with van der Waals surface area (Å²) in [5.74, 6) is -2.85. The Morgan fingerprint density at radius 3 is 2.32 bits per heavy atom. The van der Waals surface area contributed by atoms with Crippen molar-refractivity contribution in [3.05, 3.63) is 64.7 Å². The van der Waals surface area contributed by atoms with E-state index in [-0.39, 0.29) is 17.0 Å². The van der Waals surface area contributed by atoms with Crippen LogP contribution in [0.15, 0.2) is 48.5 Å². The molecule has 3 aromatic rings. The topological polar surface area (TPSA) is 84.9 Å². The molecule has 0 aromatic heterocycles. The third-order valence-electron chi connectivity index (χ3n) is 4.08. The van der Waals surface area contributed by atoms with Gasteiger partial charge < -0.3 is 19.9 Å². The number of aromatic carboxylic acids is 1. The first-order chi connectivity index (χ1) is 13.2. The number of ether oxygens (including phenoxy) is 2. The molecule has 4 rings (SSSR count). The lowest BCUT2D eigenvalue weighted by Gasteiger charge is -2.10. The molecule has 0 radical (unpaired) electrons. The van der Waals surface area contributed by atoms with Crippen molar-refractivity contribution in [1.82, 2.24) is 0 Å². The van der Waals surface area contributed by atoms with Gasteiger partial charge >= 0.3 is 12.3 Å². The van der Waals surface area contributed by atoms with Crippen molar-refractivity contribution in [3.63, 3.8) is 0 Å². The Kier molecular flexibility index (Phi) is 4.08. The number of carboxylic acid groups (broad SMARTS) is 1. The first kappa shape index (κ1) is 18.0. The van der Waals surface area contributed by atoms with Crippen molar-refractivity contribution in [2.24, 2.45) is 0 Å². The molecule has 9 heteroatoms. The molecule has 2 N–H and O–H groups in total. The second-order valence-electron chi connectivity index (χ2n) is 5.98. The van der Waals surface area contributed by atoms with E-state index in [0.717, 1.165) is 22.9 Å². The van der Waals surface area contributed by atoms with E-state index in [0.29, 0.717) is 5.02 Å². The van der Waals surface area contributed by atoms with E-state index in [4.69, 9.17) is 11.6 Å². The predicted molar refractivity (Wildman–Crippen MR) is 96.5 cm³/mol. The Bertz CT molecular complexity index is 1150. The van der Waals surface area contributed by atoms with Gasteiger partial charge in [-0.3, -0.25) is 4.79 Å². The van der Waals surface area contributed by atoms with E-state index < -0.39 is 29.5 Å². The number of hydrogen-bond acceptors (Lipinski definition) is 4. The smallest absolute Gasteiger partial charge is 0.478 e. The van der Waals surface area contributed by atoms with Crippen LogP contribution in [0.25, 0.3) is 10.8 Å². The fourth-order valence-corrected chi connectivity index (χ4v) is 3.01. The highest BCUT2D eigenvalue weighted by atomic mass is 35.5. The number of amides is 1. The van der Waals surface area contributed by atoms with Crippen LogP contribution in [0.4, 0.5) is 14.5 Å². The van der Waals surface area contributed by atoms with E-state index in [1.807, 2.05) is 0 Å². The fourth-order valence-electron chi connectivity index (χ4n) is 2.83. The van der Waals surface area contributed by atoms with Crippen LogP contribution >= 0.6 is 11.6 Å². The quantitative estimate of drug-likeness (QED) is 0.656. The molecule has 0 bridgehead atoms. The minimum Gasteiger partial charge on any atom is -0.478 e. The van der Waals surface area contributed by atoms with Gasteiger partial charge in [-0.2, -0.15) is 0 Å². The zero-order chi connectivity index (χ0) is 20.1. The Balaban J connectivity index is 1.68. The minimum atomic E-state index is -3.90. The maximum atomic E-state index is 13.2. The van der Waals surface area contributed by atoms with Gasteiger partial charge in [0.05, 0.1) is 11.3 Å². The van der Waals surface area contributed by atoms with Gasteiger partial charge in [0, 0.05) is 22.7 Å². The maximum absolute atomic E-state index is 13.2. The summed E-state index contributed by atoms with van der Waals surface area (Å²) in [6.07, 6.45) is -3.90. The molecular weight excluding hydrogens is 396 g/mol. The number of hydrogen-bond donors (Lipinski definition) is 2. The van der Waals surface area contributed by atoms with Gasteiger partial charge in [0.25, 0.3) is 5.91 Å². The van der Waals surface area contributed by atoms with Crippen molar-refractivity contribution in [2.45, 2.75) is 6.29 Å². The molecule has 28 heavy (non-hydrogen) atoms. The zero-order valence-electron chi connectivity index (χ0n) is 13.8. The summed E-state index contributed by atoms with van der Waals surface area (Å²) in [6, 6.07) is 11.8. The van der Waals surface area contributed by atoms with Crippen molar-refractivity contribution >= 4 is 39.9 Å². The van der Waals surface area contributed by atoms with Crippen molar-refractivity contribution in [1.29, 1.82) is 0 Å². The molecule has 0 unspecified atom stereocenters. The average Bonchev–Trinajstić information content (AvgIpc) is 2.93. The lowest BCUT2D eigenvalue weighted by molar-refractivity contribution is -0.286. The number of carbonyl (C=O) groups is 2. The molecule has 0 fully saturated rings. The number of halogens is 3. The number of alkyl halides is 2. The van der Waals surface area contributed by atoms with Crippen LogP contribution in [-0.2, 0) is 0 Å². The van der Waals surface area contributed by atoms with Crippen molar-refractivity contribution in [2.75, 3.05) is 5.32 Å². The number of benzene rings is 3. The molecule has 0 saturated heterocycles. The minimum absolute atomic E-state index is 0.200. The van der Waals surface area contributed by atoms with Crippen LogP contribution < -0.4 is 14.8 Å². The van der Waals surface area contributed by atoms with E-state index in [1.165, 1.54) is 6.07 Å². The highest BCUT2D eigenvalue weighted by Crippen LogP contribution is 2.44.